The van der Waals surface area contributed by atoms with Gasteiger partial charge in [0, 0.05) is 24.9 Å². The summed E-state index contributed by atoms with van der Waals surface area (Å²) in [6, 6.07) is 6.28. The van der Waals surface area contributed by atoms with Crippen LogP contribution < -0.4 is 10.6 Å². The third-order valence-corrected chi connectivity index (χ3v) is 3.75. The van der Waals surface area contributed by atoms with Gasteiger partial charge in [-0.05, 0) is 32.4 Å². The number of rotatable bonds is 3. The van der Waals surface area contributed by atoms with Crippen molar-refractivity contribution < 1.29 is 9.94 Å². The maximum atomic E-state index is 8.92. The molecule has 2 atom stereocenters. The fraction of sp³-hybridized carbons (Fsp3) is 0.500. The number of oxime groups is 1. The molecule has 0 aliphatic carbocycles. The lowest BCUT2D eigenvalue weighted by Gasteiger charge is -2.30. The molecule has 0 radical (unpaired) electrons. The fourth-order valence-electron chi connectivity index (χ4n) is 2.62. The molecule has 1 aromatic carbocycles. The summed E-state index contributed by atoms with van der Waals surface area (Å²) in [5.74, 6) is 0.136. The molecule has 2 unspecified atom stereocenters. The van der Waals surface area contributed by atoms with Crippen LogP contribution in [0.3, 0.4) is 0 Å². The van der Waals surface area contributed by atoms with E-state index in [1.54, 1.807) is 0 Å². The first kappa shape index (κ1) is 13.7. The van der Waals surface area contributed by atoms with E-state index in [0.29, 0.717) is 6.04 Å². The van der Waals surface area contributed by atoms with E-state index in [4.69, 9.17) is 15.7 Å². The normalized spacial score (nSPS) is 23.6. The van der Waals surface area contributed by atoms with Crippen LogP contribution in [-0.4, -0.2) is 36.8 Å². The van der Waals surface area contributed by atoms with Gasteiger partial charge < -0.3 is 20.6 Å². The van der Waals surface area contributed by atoms with Crippen LogP contribution in [0.25, 0.3) is 0 Å². The number of aryl methyl sites for hydroxylation is 1. The molecule has 2 rings (SSSR count). The van der Waals surface area contributed by atoms with Crippen LogP contribution in [0.4, 0.5) is 5.69 Å². The molecule has 1 aliphatic heterocycles. The molecular formula is C14H21N3O2. The zero-order valence-electron chi connectivity index (χ0n) is 11.6. The van der Waals surface area contributed by atoms with E-state index in [1.165, 1.54) is 0 Å². The lowest BCUT2D eigenvalue weighted by Crippen LogP contribution is -2.38. The van der Waals surface area contributed by atoms with Crippen molar-refractivity contribution in [3.63, 3.8) is 0 Å². The van der Waals surface area contributed by atoms with E-state index in [1.807, 2.05) is 32.2 Å². The molecule has 0 amide bonds. The van der Waals surface area contributed by atoms with Crippen molar-refractivity contribution in [2.45, 2.75) is 32.4 Å². The number of amidine groups is 1. The van der Waals surface area contributed by atoms with Gasteiger partial charge in [0.2, 0.25) is 0 Å². The van der Waals surface area contributed by atoms with Gasteiger partial charge in [-0.15, -0.1) is 0 Å². The predicted molar refractivity (Wildman–Crippen MR) is 75.9 cm³/mol. The number of ether oxygens (including phenoxy) is 1. The third kappa shape index (κ3) is 2.66. The second-order valence-electron chi connectivity index (χ2n) is 5.05. The molecule has 1 heterocycles. The Kier molecular flexibility index (Phi) is 3.95. The molecule has 19 heavy (non-hydrogen) atoms. The Bertz CT molecular complexity index is 488. The first-order chi connectivity index (χ1) is 9.04. The van der Waals surface area contributed by atoms with E-state index in [9.17, 15) is 0 Å². The molecule has 104 valence electrons. The summed E-state index contributed by atoms with van der Waals surface area (Å²) in [7, 11) is 2.02. The number of hydrogen-bond donors (Lipinski definition) is 2. The number of hydrogen-bond acceptors (Lipinski definition) is 4. The molecular weight excluding hydrogens is 242 g/mol. The largest absolute Gasteiger partial charge is 0.409 e. The van der Waals surface area contributed by atoms with E-state index in [-0.39, 0.29) is 11.9 Å². The van der Waals surface area contributed by atoms with Gasteiger partial charge >= 0.3 is 0 Å². The number of nitrogens with zero attached hydrogens (tertiary/aromatic N) is 2. The maximum Gasteiger partial charge on any atom is 0.172 e. The molecule has 3 N–H and O–H groups in total. The minimum absolute atomic E-state index is 0.136. The van der Waals surface area contributed by atoms with Gasteiger partial charge in [0.1, 0.15) is 0 Å². The molecule has 0 spiro atoms. The minimum atomic E-state index is 0.136. The highest BCUT2D eigenvalue weighted by Gasteiger charge is 2.29. The van der Waals surface area contributed by atoms with Gasteiger partial charge in [-0.3, -0.25) is 0 Å². The smallest absolute Gasteiger partial charge is 0.172 e. The van der Waals surface area contributed by atoms with Gasteiger partial charge in [-0.25, -0.2) is 0 Å². The Morgan fingerprint density at radius 3 is 2.84 bits per heavy atom. The zero-order valence-corrected chi connectivity index (χ0v) is 11.6. The van der Waals surface area contributed by atoms with Gasteiger partial charge in [-0.1, -0.05) is 16.8 Å². The van der Waals surface area contributed by atoms with Crippen molar-refractivity contribution in [3.05, 3.63) is 29.3 Å². The summed E-state index contributed by atoms with van der Waals surface area (Å²) in [6.07, 6.45) is 1.17. The number of anilines is 1. The van der Waals surface area contributed by atoms with Crippen LogP contribution >= 0.6 is 0 Å². The van der Waals surface area contributed by atoms with E-state index in [2.05, 4.69) is 17.0 Å². The summed E-state index contributed by atoms with van der Waals surface area (Å²) in [5.41, 5.74) is 8.57. The summed E-state index contributed by atoms with van der Waals surface area (Å²) in [5, 5.41) is 12.0. The predicted octanol–water partition coefficient (Wildman–Crippen LogP) is 1.70. The summed E-state index contributed by atoms with van der Waals surface area (Å²) >= 11 is 0. The van der Waals surface area contributed by atoms with Crippen molar-refractivity contribution in [1.29, 1.82) is 0 Å². The highest BCUT2D eigenvalue weighted by atomic mass is 16.5. The Balaban J connectivity index is 2.38. The van der Waals surface area contributed by atoms with Crippen LogP contribution in [0.2, 0.25) is 0 Å². The molecule has 1 saturated heterocycles. The topological polar surface area (TPSA) is 71.1 Å². The minimum Gasteiger partial charge on any atom is -0.409 e. The first-order valence-corrected chi connectivity index (χ1v) is 6.47. The standard InChI is InChI=1S/C14H21N3O2/c1-9-4-5-13(11(8-9)14(15)16-18)17(3)12-6-7-19-10(12)2/h4-5,8,10,12,18H,6-7H2,1-3H3,(H2,15,16). The van der Waals surface area contributed by atoms with Crippen molar-refractivity contribution in [1.82, 2.24) is 0 Å². The van der Waals surface area contributed by atoms with Crippen LogP contribution in [0.15, 0.2) is 23.4 Å². The van der Waals surface area contributed by atoms with E-state index in [0.717, 1.165) is 29.8 Å². The van der Waals surface area contributed by atoms with Crippen LogP contribution in [0.1, 0.15) is 24.5 Å². The average molecular weight is 263 g/mol. The van der Waals surface area contributed by atoms with Crippen molar-refractivity contribution in [3.8, 4) is 0 Å². The monoisotopic (exact) mass is 263 g/mol. The lowest BCUT2D eigenvalue weighted by atomic mass is 10.0. The molecule has 1 fully saturated rings. The van der Waals surface area contributed by atoms with Gasteiger partial charge in [0.15, 0.2) is 5.84 Å². The highest BCUT2D eigenvalue weighted by molar-refractivity contribution is 6.02. The quantitative estimate of drug-likeness (QED) is 0.377. The van der Waals surface area contributed by atoms with E-state index >= 15 is 0 Å². The van der Waals surface area contributed by atoms with Crippen LogP contribution in [-0.2, 0) is 4.74 Å². The van der Waals surface area contributed by atoms with Crippen LogP contribution in [0.5, 0.6) is 0 Å². The highest BCUT2D eigenvalue weighted by Crippen LogP contribution is 2.27. The fourth-order valence-corrected chi connectivity index (χ4v) is 2.62. The van der Waals surface area contributed by atoms with Gasteiger partial charge in [0.05, 0.1) is 12.1 Å². The lowest BCUT2D eigenvalue weighted by molar-refractivity contribution is 0.118. The SMILES string of the molecule is Cc1ccc(N(C)C2CCOC2C)c(/C(N)=N/O)c1. The maximum absolute atomic E-state index is 8.92. The molecule has 0 bridgehead atoms. The van der Waals surface area contributed by atoms with Crippen molar-refractivity contribution in [2.24, 2.45) is 10.9 Å². The van der Waals surface area contributed by atoms with Gasteiger partial charge in [-0.2, -0.15) is 0 Å². The van der Waals surface area contributed by atoms with E-state index < -0.39 is 0 Å². The second kappa shape index (κ2) is 5.48. The van der Waals surface area contributed by atoms with Crippen LogP contribution in [0, 0.1) is 6.92 Å². The molecule has 5 nitrogen and oxygen atoms in total. The summed E-state index contributed by atoms with van der Waals surface area (Å²) in [4.78, 5) is 2.16. The summed E-state index contributed by atoms with van der Waals surface area (Å²) < 4.78 is 5.61. The molecule has 5 heteroatoms. The second-order valence-corrected chi connectivity index (χ2v) is 5.05. The molecule has 0 saturated carbocycles. The molecule has 1 aromatic rings. The number of likely N-dealkylation sites (N-methyl/N-ethyl adjacent to an activating group) is 1. The molecule has 0 aromatic heterocycles. The Labute approximate surface area is 113 Å². The summed E-state index contributed by atoms with van der Waals surface area (Å²) in [6.45, 7) is 4.84. The molecule has 1 aliphatic rings. The Morgan fingerprint density at radius 1 is 1.53 bits per heavy atom. The van der Waals surface area contributed by atoms with Gasteiger partial charge in [0.25, 0.3) is 0 Å². The first-order valence-electron chi connectivity index (χ1n) is 6.47. The Morgan fingerprint density at radius 2 is 2.26 bits per heavy atom. The Hall–Kier alpha value is -1.75. The van der Waals surface area contributed by atoms with Crippen molar-refractivity contribution >= 4 is 11.5 Å². The zero-order chi connectivity index (χ0) is 14.0. The average Bonchev–Trinajstić information content (AvgIpc) is 2.83. The number of benzene rings is 1. The number of nitrogens with two attached hydrogens (primary N) is 1. The third-order valence-electron chi connectivity index (χ3n) is 3.75. The van der Waals surface area contributed by atoms with Crippen molar-refractivity contribution in [2.75, 3.05) is 18.6 Å².